The lowest BCUT2D eigenvalue weighted by Gasteiger charge is -2.44. The van der Waals surface area contributed by atoms with Crippen molar-refractivity contribution in [3.63, 3.8) is 0 Å². The number of carbonyl (C=O) groups excluding carboxylic acids is 3. The van der Waals surface area contributed by atoms with Gasteiger partial charge in [-0.1, -0.05) is 54.6 Å². The molecule has 2 aromatic rings. The molecule has 7 nitrogen and oxygen atoms in total. The van der Waals surface area contributed by atoms with E-state index in [1.54, 1.807) is 24.3 Å². The average molecular weight is 406 g/mol. The minimum atomic E-state index is -1.07. The Hall–Kier alpha value is -3.29. The van der Waals surface area contributed by atoms with Gasteiger partial charge in [-0.05, 0) is 0 Å². The van der Waals surface area contributed by atoms with E-state index in [4.69, 9.17) is 18.9 Å². The van der Waals surface area contributed by atoms with Gasteiger partial charge in [-0.2, -0.15) is 0 Å². The van der Waals surface area contributed by atoms with Gasteiger partial charge in [-0.25, -0.2) is 0 Å². The lowest BCUT2D eigenvalue weighted by molar-refractivity contribution is -0.281. The Morgan fingerprint density at radius 3 is 2.33 bits per heavy atom. The summed E-state index contributed by atoms with van der Waals surface area (Å²) >= 11 is 0. The monoisotopic (exact) mass is 406 g/mol. The van der Waals surface area contributed by atoms with Crippen LogP contribution in [0.4, 0.5) is 0 Å². The van der Waals surface area contributed by atoms with Crippen LogP contribution in [0.3, 0.4) is 0 Å². The number of allylic oxidation sites excluding steroid dienone is 1. The summed E-state index contributed by atoms with van der Waals surface area (Å²) in [5, 5.41) is 0. The molecule has 7 heteroatoms. The van der Waals surface area contributed by atoms with E-state index in [2.05, 4.69) is 0 Å². The molecular formula is C23H18O7. The Balaban J connectivity index is 1.56. The molecule has 4 atom stereocenters. The van der Waals surface area contributed by atoms with Crippen LogP contribution in [0.2, 0.25) is 0 Å². The molecule has 2 aromatic carbocycles. The van der Waals surface area contributed by atoms with Gasteiger partial charge < -0.3 is 18.9 Å². The molecule has 2 heterocycles. The molecule has 0 unspecified atom stereocenters. The van der Waals surface area contributed by atoms with Crippen LogP contribution in [0.1, 0.15) is 39.5 Å². The SMILES string of the molecule is CC(=O)O[C@@H]1C2=C(O[C@@H]3CO[C@@H](c4ccccc4)O[C@@H]13)C(=O)c1ccccc1C2=O. The van der Waals surface area contributed by atoms with Crippen LogP contribution in [0.5, 0.6) is 0 Å². The zero-order chi connectivity index (χ0) is 20.8. The average Bonchev–Trinajstić information content (AvgIpc) is 2.77. The number of benzene rings is 2. The Morgan fingerprint density at radius 2 is 1.63 bits per heavy atom. The maximum absolute atomic E-state index is 13.2. The van der Waals surface area contributed by atoms with Crippen LogP contribution >= 0.6 is 0 Å². The summed E-state index contributed by atoms with van der Waals surface area (Å²) < 4.78 is 23.3. The summed E-state index contributed by atoms with van der Waals surface area (Å²) in [6, 6.07) is 15.8. The standard InChI is InChI=1S/C23H18O7/c1-12(24)28-22-17-18(25)14-9-5-6-10-15(14)19(26)21(17)29-16-11-27-23(30-20(16)22)13-7-3-2-4-8-13/h2-10,16,20,22-23H,11H2,1H3/t16-,20-,22-,23-/m1/s1. The maximum Gasteiger partial charge on any atom is 0.303 e. The Bertz CT molecular complexity index is 1070. The van der Waals surface area contributed by atoms with E-state index in [1.807, 2.05) is 30.3 Å². The van der Waals surface area contributed by atoms with E-state index in [-0.39, 0.29) is 29.1 Å². The Morgan fingerprint density at radius 1 is 0.967 bits per heavy atom. The molecule has 5 rings (SSSR count). The molecule has 0 radical (unpaired) electrons. The number of hydrogen-bond donors (Lipinski definition) is 0. The molecule has 0 spiro atoms. The van der Waals surface area contributed by atoms with E-state index >= 15 is 0 Å². The molecule has 0 aromatic heterocycles. The second kappa shape index (κ2) is 7.19. The van der Waals surface area contributed by atoms with Crippen molar-refractivity contribution in [3.05, 3.63) is 82.6 Å². The fourth-order valence-corrected chi connectivity index (χ4v) is 4.07. The number of carbonyl (C=O) groups is 3. The highest BCUT2D eigenvalue weighted by molar-refractivity contribution is 6.26. The molecule has 30 heavy (non-hydrogen) atoms. The van der Waals surface area contributed by atoms with Gasteiger partial charge >= 0.3 is 5.97 Å². The topological polar surface area (TPSA) is 88.1 Å². The molecule has 1 aliphatic carbocycles. The molecule has 1 fully saturated rings. The van der Waals surface area contributed by atoms with Gasteiger partial charge in [0.1, 0.15) is 6.10 Å². The highest BCUT2D eigenvalue weighted by Crippen LogP contribution is 2.41. The largest absolute Gasteiger partial charge is 0.480 e. The van der Waals surface area contributed by atoms with Gasteiger partial charge in [-0.15, -0.1) is 0 Å². The number of esters is 1. The molecule has 3 aliphatic rings. The van der Waals surface area contributed by atoms with E-state index in [9.17, 15) is 14.4 Å². The number of rotatable bonds is 2. The van der Waals surface area contributed by atoms with Crippen molar-refractivity contribution in [1.29, 1.82) is 0 Å². The minimum absolute atomic E-state index is 0.0175. The van der Waals surface area contributed by atoms with Gasteiger partial charge in [0.25, 0.3) is 0 Å². The minimum Gasteiger partial charge on any atom is -0.480 e. The van der Waals surface area contributed by atoms with Crippen LogP contribution in [-0.2, 0) is 23.7 Å². The molecule has 1 saturated heterocycles. The predicted octanol–water partition coefficient (Wildman–Crippen LogP) is 2.76. The second-order valence-corrected chi connectivity index (χ2v) is 7.31. The second-order valence-electron chi connectivity index (χ2n) is 7.31. The smallest absolute Gasteiger partial charge is 0.303 e. The highest BCUT2D eigenvalue weighted by atomic mass is 16.7. The van der Waals surface area contributed by atoms with Crippen molar-refractivity contribution in [1.82, 2.24) is 0 Å². The summed E-state index contributed by atoms with van der Waals surface area (Å²) in [5.41, 5.74) is 1.32. The Kier molecular flexibility index (Phi) is 4.49. The van der Waals surface area contributed by atoms with Gasteiger partial charge in [-0.3, -0.25) is 14.4 Å². The number of Topliss-reactive ketones (excluding diaryl/α,β-unsaturated/α-hetero) is 2. The first-order valence-corrected chi connectivity index (χ1v) is 9.63. The molecule has 0 amide bonds. The predicted molar refractivity (Wildman–Crippen MR) is 103 cm³/mol. The van der Waals surface area contributed by atoms with Crippen molar-refractivity contribution in [3.8, 4) is 0 Å². The van der Waals surface area contributed by atoms with Crippen LogP contribution in [-0.4, -0.2) is 42.5 Å². The zero-order valence-corrected chi connectivity index (χ0v) is 16.1. The highest BCUT2D eigenvalue weighted by Gasteiger charge is 2.52. The zero-order valence-electron chi connectivity index (χ0n) is 16.1. The molecule has 2 aliphatic heterocycles. The van der Waals surface area contributed by atoms with E-state index < -0.39 is 42.1 Å². The molecule has 0 saturated carbocycles. The van der Waals surface area contributed by atoms with Crippen molar-refractivity contribution >= 4 is 17.5 Å². The summed E-state index contributed by atoms with van der Waals surface area (Å²) in [4.78, 5) is 38.2. The van der Waals surface area contributed by atoms with E-state index in [0.29, 0.717) is 0 Å². The molecular weight excluding hydrogens is 388 g/mol. The lowest BCUT2D eigenvalue weighted by atomic mass is 9.81. The quantitative estimate of drug-likeness (QED) is 0.709. The first-order chi connectivity index (χ1) is 14.5. The Labute approximate surface area is 172 Å². The van der Waals surface area contributed by atoms with Crippen LogP contribution < -0.4 is 0 Å². The van der Waals surface area contributed by atoms with Crippen molar-refractivity contribution in [2.24, 2.45) is 0 Å². The summed E-state index contributed by atoms with van der Waals surface area (Å²) in [6.45, 7) is 1.36. The summed E-state index contributed by atoms with van der Waals surface area (Å²) in [7, 11) is 0. The van der Waals surface area contributed by atoms with Crippen molar-refractivity contribution < 1.29 is 33.3 Å². The number of fused-ring (bicyclic) bond motifs is 2. The van der Waals surface area contributed by atoms with E-state index in [0.717, 1.165) is 5.56 Å². The summed E-state index contributed by atoms with van der Waals surface area (Å²) in [6.07, 6.45) is -3.28. The molecule has 0 bridgehead atoms. The number of hydrogen-bond acceptors (Lipinski definition) is 7. The maximum atomic E-state index is 13.2. The van der Waals surface area contributed by atoms with Gasteiger partial charge in [0.05, 0.1) is 12.2 Å². The van der Waals surface area contributed by atoms with Gasteiger partial charge in [0.15, 0.2) is 30.0 Å². The third-order valence-corrected chi connectivity index (χ3v) is 5.39. The third kappa shape index (κ3) is 2.94. The van der Waals surface area contributed by atoms with Crippen LogP contribution in [0.15, 0.2) is 65.9 Å². The van der Waals surface area contributed by atoms with Crippen molar-refractivity contribution in [2.75, 3.05) is 6.61 Å². The first-order valence-electron chi connectivity index (χ1n) is 9.63. The van der Waals surface area contributed by atoms with Gasteiger partial charge in [0, 0.05) is 23.6 Å². The number of ether oxygens (including phenoxy) is 4. The van der Waals surface area contributed by atoms with Crippen LogP contribution in [0.25, 0.3) is 0 Å². The fourth-order valence-electron chi connectivity index (χ4n) is 4.07. The molecule has 152 valence electrons. The van der Waals surface area contributed by atoms with Crippen LogP contribution in [0, 0.1) is 0 Å². The third-order valence-electron chi connectivity index (χ3n) is 5.39. The first kappa shape index (κ1) is 18.7. The number of ketones is 2. The molecule has 0 N–H and O–H groups in total. The normalized spacial score (nSPS) is 27.5. The fraction of sp³-hybridized carbons (Fsp3) is 0.261. The summed E-state index contributed by atoms with van der Waals surface area (Å²) in [5.74, 6) is -1.51. The lowest BCUT2D eigenvalue weighted by Crippen LogP contribution is -2.55. The van der Waals surface area contributed by atoms with E-state index in [1.165, 1.54) is 6.92 Å². The van der Waals surface area contributed by atoms with Crippen molar-refractivity contribution in [2.45, 2.75) is 31.5 Å². The van der Waals surface area contributed by atoms with Gasteiger partial charge in [0.2, 0.25) is 5.78 Å².